The van der Waals surface area contributed by atoms with Gasteiger partial charge in [0.2, 0.25) is 5.91 Å². The summed E-state index contributed by atoms with van der Waals surface area (Å²) in [4.78, 5) is 22.5. The third-order valence-electron chi connectivity index (χ3n) is 3.84. The smallest absolute Gasteiger partial charge is 0.292 e. The van der Waals surface area contributed by atoms with Gasteiger partial charge in [-0.15, -0.1) is 0 Å². The summed E-state index contributed by atoms with van der Waals surface area (Å²) in [6, 6.07) is 12.7. The van der Waals surface area contributed by atoms with E-state index in [1.54, 1.807) is 30.3 Å². The number of benzene rings is 2. The lowest BCUT2D eigenvalue weighted by atomic mass is 10.2. The fourth-order valence-corrected chi connectivity index (χ4v) is 3.60. The second-order valence-corrected chi connectivity index (χ2v) is 8.04. The minimum absolute atomic E-state index is 0.0481. The fourth-order valence-electron chi connectivity index (χ4n) is 2.36. The Morgan fingerprint density at radius 1 is 1.07 bits per heavy atom. The highest BCUT2D eigenvalue weighted by Gasteiger charge is 2.16. The van der Waals surface area contributed by atoms with Gasteiger partial charge in [-0.3, -0.25) is 14.9 Å². The van der Waals surface area contributed by atoms with Crippen molar-refractivity contribution in [2.24, 2.45) is 0 Å². The van der Waals surface area contributed by atoms with Gasteiger partial charge in [0.15, 0.2) is 9.84 Å². The average molecular weight is 391 g/mol. The Bertz CT molecular complexity index is 911. The molecule has 0 heterocycles. The molecule has 0 saturated heterocycles. The van der Waals surface area contributed by atoms with Gasteiger partial charge in [0.25, 0.3) is 5.69 Å². The van der Waals surface area contributed by atoms with E-state index in [-0.39, 0.29) is 35.8 Å². The lowest BCUT2D eigenvalue weighted by Gasteiger charge is -2.09. The van der Waals surface area contributed by atoms with Gasteiger partial charge in [-0.1, -0.05) is 29.8 Å². The van der Waals surface area contributed by atoms with Crippen LogP contribution in [0, 0.1) is 17.0 Å². The highest BCUT2D eigenvalue weighted by atomic mass is 32.2. The second kappa shape index (κ2) is 9.13. The third-order valence-corrected chi connectivity index (χ3v) is 5.57. The summed E-state index contributed by atoms with van der Waals surface area (Å²) < 4.78 is 24.4. The number of hydrogen-bond donors (Lipinski definition) is 2. The number of nitro benzene ring substituents is 1. The summed E-state index contributed by atoms with van der Waals surface area (Å²) in [5.41, 5.74) is 1.27. The molecule has 2 aromatic rings. The van der Waals surface area contributed by atoms with Gasteiger partial charge in [0.1, 0.15) is 5.69 Å². The van der Waals surface area contributed by atoms with Crippen LogP contribution in [-0.2, 0) is 14.6 Å². The zero-order chi connectivity index (χ0) is 19.9. The summed E-state index contributed by atoms with van der Waals surface area (Å²) in [7, 11) is -3.51. The molecule has 0 bridgehead atoms. The Kier molecular flexibility index (Phi) is 6.89. The molecule has 9 heteroatoms. The predicted octanol–water partition coefficient (Wildman–Crippen LogP) is 2.30. The van der Waals surface area contributed by atoms with E-state index >= 15 is 0 Å². The molecule has 0 aromatic heterocycles. The van der Waals surface area contributed by atoms with Crippen molar-refractivity contribution in [3.63, 3.8) is 0 Å². The summed E-state index contributed by atoms with van der Waals surface area (Å²) in [6.45, 7) is 2.36. The number of nitrogens with one attached hydrogen (secondary N) is 2. The van der Waals surface area contributed by atoms with Gasteiger partial charge < -0.3 is 10.6 Å². The maximum atomic E-state index is 12.2. The number of para-hydroxylation sites is 2. The van der Waals surface area contributed by atoms with E-state index in [1.165, 1.54) is 18.2 Å². The van der Waals surface area contributed by atoms with Gasteiger partial charge in [-0.05, 0) is 25.1 Å². The molecule has 0 aliphatic rings. The minimum Gasteiger partial charge on any atom is -0.378 e. The van der Waals surface area contributed by atoms with Crippen LogP contribution >= 0.6 is 0 Å². The molecule has 1 amide bonds. The topological polar surface area (TPSA) is 118 Å². The number of aryl methyl sites for hydroxylation is 1. The first-order chi connectivity index (χ1) is 12.8. The van der Waals surface area contributed by atoms with Crippen LogP contribution in [0.5, 0.6) is 0 Å². The molecule has 0 aliphatic heterocycles. The van der Waals surface area contributed by atoms with Gasteiger partial charge >= 0.3 is 0 Å². The van der Waals surface area contributed by atoms with Gasteiger partial charge in [0.05, 0.1) is 15.6 Å². The molecule has 2 rings (SSSR count). The molecule has 0 spiro atoms. The van der Waals surface area contributed by atoms with Crippen LogP contribution in [0.3, 0.4) is 0 Å². The van der Waals surface area contributed by atoms with Crippen LogP contribution in [0.2, 0.25) is 0 Å². The summed E-state index contributed by atoms with van der Waals surface area (Å²) in [5.74, 6) is -0.672. The first kappa shape index (κ1) is 20.4. The molecule has 0 aliphatic carbocycles. The minimum atomic E-state index is -3.51. The van der Waals surface area contributed by atoms with Crippen molar-refractivity contribution < 1.29 is 18.1 Å². The molecule has 2 aromatic carbocycles. The van der Waals surface area contributed by atoms with E-state index in [4.69, 9.17) is 0 Å². The Morgan fingerprint density at radius 2 is 1.74 bits per heavy atom. The van der Waals surface area contributed by atoms with E-state index in [2.05, 4.69) is 10.6 Å². The number of hydrogen-bond acceptors (Lipinski definition) is 6. The van der Waals surface area contributed by atoms with Crippen molar-refractivity contribution in [3.05, 3.63) is 64.2 Å². The number of rotatable bonds is 9. The third kappa shape index (κ3) is 6.07. The lowest BCUT2D eigenvalue weighted by Crippen LogP contribution is -2.30. The van der Waals surface area contributed by atoms with Crippen molar-refractivity contribution in [1.82, 2.24) is 5.32 Å². The van der Waals surface area contributed by atoms with E-state index in [0.29, 0.717) is 5.69 Å². The standard InChI is InChI=1S/C18H21N3O5S/c1-14-6-8-15(9-7-14)27(25,26)13-10-18(22)20-12-11-19-16-4-2-3-5-17(16)21(23)24/h2-9,19H,10-13H2,1H3,(H,20,22). The molecule has 0 unspecified atom stereocenters. The SMILES string of the molecule is Cc1ccc(S(=O)(=O)CCC(=O)NCCNc2ccccc2[N+](=O)[O-])cc1. The lowest BCUT2D eigenvalue weighted by molar-refractivity contribution is -0.384. The molecule has 0 radical (unpaired) electrons. The quantitative estimate of drug-likeness (QED) is 0.385. The molecule has 0 atom stereocenters. The number of anilines is 1. The second-order valence-electron chi connectivity index (χ2n) is 5.93. The maximum Gasteiger partial charge on any atom is 0.292 e. The molecular formula is C18H21N3O5S. The van der Waals surface area contributed by atoms with E-state index < -0.39 is 20.7 Å². The molecule has 0 saturated carbocycles. The summed E-state index contributed by atoms with van der Waals surface area (Å²) in [6.07, 6.45) is -0.151. The van der Waals surface area contributed by atoms with Crippen molar-refractivity contribution in [2.45, 2.75) is 18.2 Å². The molecule has 144 valence electrons. The Morgan fingerprint density at radius 3 is 2.41 bits per heavy atom. The van der Waals surface area contributed by atoms with Gasteiger partial charge in [-0.2, -0.15) is 0 Å². The van der Waals surface area contributed by atoms with E-state index in [1.807, 2.05) is 6.92 Å². The molecule has 8 nitrogen and oxygen atoms in total. The summed E-state index contributed by atoms with van der Waals surface area (Å²) in [5, 5.41) is 16.4. The predicted molar refractivity (Wildman–Crippen MR) is 102 cm³/mol. The number of amides is 1. The van der Waals surface area contributed by atoms with Crippen LogP contribution < -0.4 is 10.6 Å². The number of carbonyl (C=O) groups is 1. The molecular weight excluding hydrogens is 370 g/mol. The van der Waals surface area contributed by atoms with Crippen LogP contribution in [0.25, 0.3) is 0 Å². The van der Waals surface area contributed by atoms with Crippen molar-refractivity contribution in [1.29, 1.82) is 0 Å². The highest BCUT2D eigenvalue weighted by Crippen LogP contribution is 2.22. The Balaban J connectivity index is 1.77. The Hall–Kier alpha value is -2.94. The largest absolute Gasteiger partial charge is 0.378 e. The number of sulfone groups is 1. The van der Waals surface area contributed by atoms with Crippen LogP contribution in [0.4, 0.5) is 11.4 Å². The van der Waals surface area contributed by atoms with E-state index in [0.717, 1.165) is 5.56 Å². The van der Waals surface area contributed by atoms with Crippen molar-refractivity contribution >= 4 is 27.1 Å². The first-order valence-electron chi connectivity index (χ1n) is 8.33. The number of nitrogens with zero attached hydrogens (tertiary/aromatic N) is 1. The van der Waals surface area contributed by atoms with Crippen LogP contribution in [-0.4, -0.2) is 38.1 Å². The average Bonchev–Trinajstić information content (AvgIpc) is 2.64. The van der Waals surface area contributed by atoms with Crippen molar-refractivity contribution in [3.8, 4) is 0 Å². The molecule has 27 heavy (non-hydrogen) atoms. The normalized spacial score (nSPS) is 11.0. The highest BCUT2D eigenvalue weighted by molar-refractivity contribution is 7.91. The monoisotopic (exact) mass is 391 g/mol. The number of carbonyl (C=O) groups excluding carboxylic acids is 1. The molecule has 2 N–H and O–H groups in total. The molecule has 0 fully saturated rings. The van der Waals surface area contributed by atoms with E-state index in [9.17, 15) is 23.3 Å². The maximum absolute atomic E-state index is 12.2. The zero-order valence-corrected chi connectivity index (χ0v) is 15.7. The summed E-state index contributed by atoms with van der Waals surface area (Å²) >= 11 is 0. The van der Waals surface area contributed by atoms with Crippen LogP contribution in [0.1, 0.15) is 12.0 Å². The zero-order valence-electron chi connectivity index (χ0n) is 14.8. The van der Waals surface area contributed by atoms with Crippen molar-refractivity contribution in [2.75, 3.05) is 24.2 Å². The number of nitro groups is 1. The first-order valence-corrected chi connectivity index (χ1v) is 9.98. The fraction of sp³-hybridized carbons (Fsp3) is 0.278. The van der Waals surface area contributed by atoms with Crippen LogP contribution in [0.15, 0.2) is 53.4 Å². The van der Waals surface area contributed by atoms with Gasteiger partial charge in [0, 0.05) is 25.6 Å². The Labute approximate surface area is 157 Å². The van der Waals surface area contributed by atoms with Gasteiger partial charge in [-0.25, -0.2) is 8.42 Å².